The summed E-state index contributed by atoms with van der Waals surface area (Å²) in [6, 6.07) is 0. The third kappa shape index (κ3) is 3.78. The van der Waals surface area contributed by atoms with Crippen molar-refractivity contribution in [1.29, 1.82) is 0 Å². The number of aliphatic carboxylic acids is 1. The quantitative estimate of drug-likeness (QED) is 0.819. The smallest absolute Gasteiger partial charge is 0.309 e. The first-order chi connectivity index (χ1) is 6.22. The molecule has 0 saturated carbocycles. The van der Waals surface area contributed by atoms with Crippen molar-refractivity contribution in [3.05, 3.63) is 16.1 Å². The lowest BCUT2D eigenvalue weighted by atomic mass is 10.3. The van der Waals surface area contributed by atoms with Crippen LogP contribution in [0.3, 0.4) is 0 Å². The number of hydrogen-bond donors (Lipinski definition) is 1. The summed E-state index contributed by atoms with van der Waals surface area (Å²) in [5, 5.41) is 11.3. The van der Waals surface area contributed by atoms with Gasteiger partial charge in [-0.2, -0.15) is 11.8 Å². The van der Waals surface area contributed by atoms with Crippen molar-refractivity contribution >= 4 is 29.1 Å². The molecule has 1 rings (SSSR count). The fraction of sp³-hybridized carbons (Fsp3) is 0.500. The Morgan fingerprint density at radius 3 is 3.15 bits per heavy atom. The van der Waals surface area contributed by atoms with E-state index in [1.54, 1.807) is 11.8 Å². The molecule has 0 aromatic carbocycles. The maximum atomic E-state index is 10.4. The first-order valence-electron chi connectivity index (χ1n) is 3.95. The van der Waals surface area contributed by atoms with Crippen LogP contribution in [0.5, 0.6) is 0 Å². The van der Waals surface area contributed by atoms with Crippen LogP contribution in [0.1, 0.15) is 17.6 Å². The van der Waals surface area contributed by atoms with Gasteiger partial charge in [0.1, 0.15) is 5.01 Å². The molecule has 1 N–H and O–H groups in total. The van der Waals surface area contributed by atoms with Crippen molar-refractivity contribution in [2.75, 3.05) is 5.75 Å². The van der Waals surface area contributed by atoms with E-state index in [1.165, 1.54) is 11.3 Å². The van der Waals surface area contributed by atoms with Crippen molar-refractivity contribution in [2.24, 2.45) is 0 Å². The lowest BCUT2D eigenvalue weighted by Crippen LogP contribution is -2.00. The molecule has 0 spiro atoms. The van der Waals surface area contributed by atoms with Crippen LogP contribution >= 0.6 is 23.1 Å². The number of carboxylic acids is 1. The van der Waals surface area contributed by atoms with E-state index in [9.17, 15) is 4.79 Å². The minimum Gasteiger partial charge on any atom is -0.481 e. The summed E-state index contributed by atoms with van der Waals surface area (Å²) in [6.45, 7) is 2.09. The zero-order valence-corrected chi connectivity index (χ0v) is 8.95. The predicted molar refractivity (Wildman–Crippen MR) is 55.3 cm³/mol. The first kappa shape index (κ1) is 10.5. The second-order valence-corrected chi connectivity index (χ2v) is 4.66. The molecule has 0 atom stereocenters. The van der Waals surface area contributed by atoms with Crippen LogP contribution in [0.25, 0.3) is 0 Å². The summed E-state index contributed by atoms with van der Waals surface area (Å²) in [5.41, 5.74) is 0.671. The van der Waals surface area contributed by atoms with Gasteiger partial charge in [-0.3, -0.25) is 4.79 Å². The lowest BCUT2D eigenvalue weighted by molar-refractivity contribution is -0.136. The van der Waals surface area contributed by atoms with Gasteiger partial charge in [0.25, 0.3) is 0 Å². The highest BCUT2D eigenvalue weighted by Gasteiger charge is 2.05. The van der Waals surface area contributed by atoms with Gasteiger partial charge in [-0.05, 0) is 5.75 Å². The molecule has 0 fully saturated rings. The summed E-state index contributed by atoms with van der Waals surface area (Å²) in [7, 11) is 0. The Hall–Kier alpha value is -0.550. The molecule has 3 nitrogen and oxygen atoms in total. The molecule has 1 aromatic rings. The summed E-state index contributed by atoms with van der Waals surface area (Å²) in [5.74, 6) is 1.13. The third-order valence-electron chi connectivity index (χ3n) is 1.36. The summed E-state index contributed by atoms with van der Waals surface area (Å²) in [6.07, 6.45) is 0.0350. The van der Waals surface area contributed by atoms with Gasteiger partial charge >= 0.3 is 5.97 Å². The van der Waals surface area contributed by atoms with Crippen LogP contribution in [-0.2, 0) is 17.0 Å². The highest BCUT2D eigenvalue weighted by atomic mass is 32.2. The number of carbonyl (C=O) groups is 1. The molecule has 0 bridgehead atoms. The average Bonchev–Trinajstić information content (AvgIpc) is 2.48. The van der Waals surface area contributed by atoms with Gasteiger partial charge in [-0.25, -0.2) is 4.98 Å². The second-order valence-electron chi connectivity index (χ2n) is 2.44. The van der Waals surface area contributed by atoms with Gasteiger partial charge in [-0.15, -0.1) is 11.3 Å². The molecule has 0 saturated heterocycles. The summed E-state index contributed by atoms with van der Waals surface area (Å²) < 4.78 is 0. The largest absolute Gasteiger partial charge is 0.481 e. The van der Waals surface area contributed by atoms with Crippen LogP contribution in [0.4, 0.5) is 0 Å². The highest BCUT2D eigenvalue weighted by molar-refractivity contribution is 7.98. The van der Waals surface area contributed by atoms with Crippen molar-refractivity contribution in [3.8, 4) is 0 Å². The van der Waals surface area contributed by atoms with Crippen molar-refractivity contribution in [1.82, 2.24) is 4.98 Å². The molecule has 0 radical (unpaired) electrons. The van der Waals surface area contributed by atoms with E-state index in [-0.39, 0.29) is 6.42 Å². The molecule has 1 aromatic heterocycles. The van der Waals surface area contributed by atoms with Crippen LogP contribution in [0.2, 0.25) is 0 Å². The molecule has 0 aliphatic carbocycles. The number of nitrogens with zero attached hydrogens (tertiary/aromatic N) is 1. The maximum absolute atomic E-state index is 10.4. The first-order valence-corrected chi connectivity index (χ1v) is 5.98. The van der Waals surface area contributed by atoms with Gasteiger partial charge in [0.2, 0.25) is 0 Å². The number of thioether (sulfide) groups is 1. The summed E-state index contributed by atoms with van der Waals surface area (Å²) in [4.78, 5) is 14.6. The monoisotopic (exact) mass is 217 g/mol. The van der Waals surface area contributed by atoms with Crippen molar-refractivity contribution < 1.29 is 9.90 Å². The molecular formula is C8H11NO2S2. The summed E-state index contributed by atoms with van der Waals surface area (Å²) >= 11 is 3.33. The van der Waals surface area contributed by atoms with Crippen LogP contribution in [0.15, 0.2) is 5.38 Å². The normalized spacial score (nSPS) is 10.2. The molecule has 0 aliphatic rings. The van der Waals surface area contributed by atoms with Gasteiger partial charge in [0.05, 0.1) is 12.1 Å². The van der Waals surface area contributed by atoms with Crippen LogP contribution in [-0.4, -0.2) is 21.8 Å². The Morgan fingerprint density at radius 1 is 1.77 bits per heavy atom. The predicted octanol–water partition coefficient (Wildman–Crippen LogP) is 2.02. The van der Waals surface area contributed by atoms with E-state index in [1.807, 2.05) is 5.38 Å². The number of hydrogen-bond acceptors (Lipinski definition) is 4. The fourth-order valence-electron chi connectivity index (χ4n) is 0.841. The molecule has 5 heteroatoms. The fourth-order valence-corrected chi connectivity index (χ4v) is 2.38. The molecule has 13 heavy (non-hydrogen) atoms. The molecule has 0 unspecified atom stereocenters. The number of rotatable bonds is 5. The number of carboxylic acid groups (broad SMARTS) is 1. The second kappa shape index (κ2) is 5.24. The van der Waals surface area contributed by atoms with E-state index in [4.69, 9.17) is 5.11 Å². The van der Waals surface area contributed by atoms with E-state index < -0.39 is 5.97 Å². The third-order valence-corrected chi connectivity index (χ3v) is 3.33. The van der Waals surface area contributed by atoms with Crippen LogP contribution in [0, 0.1) is 0 Å². The minimum atomic E-state index is -0.819. The van der Waals surface area contributed by atoms with Crippen molar-refractivity contribution in [2.45, 2.75) is 19.1 Å². The standard InChI is InChI=1S/C8H11NO2S2/c1-2-12-5-7-9-6(4-13-7)3-8(10)11/h4H,2-3,5H2,1H3,(H,10,11). The highest BCUT2D eigenvalue weighted by Crippen LogP contribution is 2.16. The Kier molecular flexibility index (Phi) is 4.24. The van der Waals surface area contributed by atoms with Crippen LogP contribution < -0.4 is 0 Å². The number of aromatic nitrogens is 1. The van der Waals surface area contributed by atoms with Gasteiger partial charge in [0, 0.05) is 11.1 Å². The molecule has 72 valence electrons. The Morgan fingerprint density at radius 2 is 2.54 bits per heavy atom. The minimum absolute atomic E-state index is 0.0350. The molecule has 0 amide bonds. The van der Waals surface area contributed by atoms with Gasteiger partial charge in [-0.1, -0.05) is 6.92 Å². The van der Waals surface area contributed by atoms with E-state index in [0.29, 0.717) is 5.69 Å². The zero-order chi connectivity index (χ0) is 9.68. The topological polar surface area (TPSA) is 50.2 Å². The Bertz CT molecular complexity index is 285. The van der Waals surface area contributed by atoms with E-state index >= 15 is 0 Å². The van der Waals surface area contributed by atoms with Gasteiger partial charge < -0.3 is 5.11 Å². The molecule has 0 aliphatic heterocycles. The Balaban J connectivity index is 2.48. The van der Waals surface area contributed by atoms with Gasteiger partial charge in [0.15, 0.2) is 0 Å². The molecule has 1 heterocycles. The van der Waals surface area contributed by atoms with E-state index in [0.717, 1.165) is 16.5 Å². The Labute approximate surface area is 85.2 Å². The zero-order valence-electron chi connectivity index (χ0n) is 7.32. The molecular weight excluding hydrogens is 206 g/mol. The maximum Gasteiger partial charge on any atom is 0.309 e. The SMILES string of the molecule is CCSCc1nc(CC(=O)O)cs1. The lowest BCUT2D eigenvalue weighted by Gasteiger charge is -1.91. The number of thiazole rings is 1. The average molecular weight is 217 g/mol. The van der Waals surface area contributed by atoms with Crippen molar-refractivity contribution in [3.63, 3.8) is 0 Å². The van der Waals surface area contributed by atoms with E-state index in [2.05, 4.69) is 11.9 Å².